The second-order valence-corrected chi connectivity index (χ2v) is 11.0. The van der Waals surface area contributed by atoms with E-state index in [9.17, 15) is 0 Å². The van der Waals surface area contributed by atoms with Crippen LogP contribution >= 0.6 is 0 Å². The first-order valence-electron chi connectivity index (χ1n) is 11.4. The molecule has 0 radical (unpaired) electrons. The summed E-state index contributed by atoms with van der Waals surface area (Å²) in [5.74, 6) is 5.17. The van der Waals surface area contributed by atoms with E-state index in [1.54, 1.807) is 25.7 Å². The summed E-state index contributed by atoms with van der Waals surface area (Å²) in [4.78, 5) is 2.71. The number of hydrogen-bond donors (Lipinski definition) is 1. The average Bonchev–Trinajstić information content (AvgIpc) is 3.09. The Morgan fingerprint density at radius 3 is 2.52 bits per heavy atom. The molecule has 1 spiro atoms. The maximum absolute atomic E-state index is 3.60. The second-order valence-electron chi connectivity index (χ2n) is 11.0. The highest BCUT2D eigenvalue weighted by molar-refractivity contribution is 5.15. The van der Waals surface area contributed by atoms with Gasteiger partial charge in [-0.15, -0.1) is 0 Å². The number of hydrogen-bond acceptors (Lipinski definition) is 2. The van der Waals surface area contributed by atoms with Crippen LogP contribution in [0.3, 0.4) is 0 Å². The molecule has 0 aromatic rings. The summed E-state index contributed by atoms with van der Waals surface area (Å²) in [7, 11) is 4.58. The molecule has 0 bridgehead atoms. The van der Waals surface area contributed by atoms with E-state index in [1.807, 2.05) is 0 Å². The molecule has 5 fully saturated rings. The van der Waals surface area contributed by atoms with Crippen LogP contribution in [-0.4, -0.2) is 37.6 Å². The van der Waals surface area contributed by atoms with Gasteiger partial charge < -0.3 is 10.2 Å². The van der Waals surface area contributed by atoms with Crippen molar-refractivity contribution in [2.45, 2.75) is 83.7 Å². The molecule has 9 atom stereocenters. The van der Waals surface area contributed by atoms with Gasteiger partial charge >= 0.3 is 0 Å². The first-order chi connectivity index (χ1) is 12.0. The summed E-state index contributed by atoms with van der Waals surface area (Å²) in [6.45, 7) is 6.65. The van der Waals surface area contributed by atoms with Crippen LogP contribution in [0.5, 0.6) is 0 Å². The Kier molecular flexibility index (Phi) is 3.89. The maximum atomic E-state index is 3.60. The van der Waals surface area contributed by atoms with E-state index >= 15 is 0 Å². The molecule has 1 N–H and O–H groups in total. The standard InChI is InChI=1S/C23H40N2/c1-15-19-7-8-21-18-6-5-16-13-17(24-3)9-11-22(16,2)20(18)10-12-23(19,21)14-25(15)4/h15-21,24H,5-14H2,1-4H3/t15-,16?,17-,18+,19+,20-,21-,22-,23-/m0/s1. The Labute approximate surface area is 155 Å². The highest BCUT2D eigenvalue weighted by Crippen LogP contribution is 2.69. The molecule has 4 aliphatic carbocycles. The Morgan fingerprint density at radius 1 is 0.920 bits per heavy atom. The molecule has 142 valence electrons. The topological polar surface area (TPSA) is 15.3 Å². The van der Waals surface area contributed by atoms with E-state index in [2.05, 4.69) is 38.2 Å². The van der Waals surface area contributed by atoms with Crippen molar-refractivity contribution in [2.24, 2.45) is 40.4 Å². The lowest BCUT2D eigenvalue weighted by Gasteiger charge is -2.61. The molecular formula is C23H40N2. The van der Waals surface area contributed by atoms with Gasteiger partial charge in [-0.1, -0.05) is 6.92 Å². The third-order valence-corrected chi connectivity index (χ3v) is 10.7. The zero-order chi connectivity index (χ0) is 17.4. The fourth-order valence-electron chi connectivity index (χ4n) is 9.32. The Hall–Kier alpha value is -0.0800. The maximum Gasteiger partial charge on any atom is 0.00982 e. The number of nitrogens with one attached hydrogen (secondary N) is 1. The van der Waals surface area contributed by atoms with Gasteiger partial charge in [-0.25, -0.2) is 0 Å². The monoisotopic (exact) mass is 344 g/mol. The van der Waals surface area contributed by atoms with Crippen molar-refractivity contribution in [1.29, 1.82) is 0 Å². The molecule has 1 unspecified atom stereocenters. The molecule has 1 heterocycles. The fraction of sp³-hybridized carbons (Fsp3) is 1.00. The Bertz CT molecular complexity index is 532. The van der Waals surface area contributed by atoms with Crippen LogP contribution < -0.4 is 5.32 Å². The zero-order valence-electron chi connectivity index (χ0n) is 17.1. The van der Waals surface area contributed by atoms with Crippen LogP contribution in [0.4, 0.5) is 0 Å². The number of rotatable bonds is 1. The molecule has 25 heavy (non-hydrogen) atoms. The van der Waals surface area contributed by atoms with Gasteiger partial charge in [0.25, 0.3) is 0 Å². The van der Waals surface area contributed by atoms with Crippen molar-refractivity contribution in [3.63, 3.8) is 0 Å². The van der Waals surface area contributed by atoms with Gasteiger partial charge in [0.15, 0.2) is 0 Å². The SMILES string of the molecule is CN[C@H]1CC[C@@]2(C)C(CC[C@H]3[C@@H]4CC[C@@H]5[C@H](C)N(C)C[C@@]54CC[C@@H]32)C1. The summed E-state index contributed by atoms with van der Waals surface area (Å²) in [6, 6.07) is 1.63. The van der Waals surface area contributed by atoms with Gasteiger partial charge in [-0.05, 0) is 119 Å². The Balaban J connectivity index is 1.42. The highest BCUT2D eigenvalue weighted by atomic mass is 15.2. The van der Waals surface area contributed by atoms with Crippen molar-refractivity contribution < 1.29 is 0 Å². The molecule has 1 aliphatic heterocycles. The molecule has 5 aliphatic rings. The summed E-state index contributed by atoms with van der Waals surface area (Å²) >= 11 is 0. The molecule has 0 amide bonds. The van der Waals surface area contributed by atoms with Gasteiger partial charge in [0, 0.05) is 18.6 Å². The van der Waals surface area contributed by atoms with Crippen LogP contribution in [0.25, 0.3) is 0 Å². The smallest absolute Gasteiger partial charge is 0.00982 e. The second kappa shape index (κ2) is 5.71. The van der Waals surface area contributed by atoms with Crippen LogP contribution in [0.1, 0.15) is 71.6 Å². The normalized spacial score (nSPS) is 58.3. The van der Waals surface area contributed by atoms with Crippen molar-refractivity contribution >= 4 is 0 Å². The molecule has 2 nitrogen and oxygen atoms in total. The van der Waals surface area contributed by atoms with E-state index in [0.29, 0.717) is 10.8 Å². The van der Waals surface area contributed by atoms with Gasteiger partial charge in [-0.2, -0.15) is 0 Å². The van der Waals surface area contributed by atoms with Crippen molar-refractivity contribution in [1.82, 2.24) is 10.2 Å². The van der Waals surface area contributed by atoms with Crippen LogP contribution in [0, 0.1) is 40.4 Å². The van der Waals surface area contributed by atoms with Crippen molar-refractivity contribution in [3.8, 4) is 0 Å². The highest BCUT2D eigenvalue weighted by Gasteiger charge is 2.64. The molecule has 2 heteroatoms. The lowest BCUT2D eigenvalue weighted by atomic mass is 9.44. The quantitative estimate of drug-likeness (QED) is 0.751. The van der Waals surface area contributed by atoms with Crippen LogP contribution in [0.15, 0.2) is 0 Å². The minimum absolute atomic E-state index is 0.659. The first kappa shape index (κ1) is 17.0. The van der Waals surface area contributed by atoms with Gasteiger partial charge in [-0.3, -0.25) is 0 Å². The van der Waals surface area contributed by atoms with Crippen molar-refractivity contribution in [2.75, 3.05) is 20.6 Å². The minimum Gasteiger partial charge on any atom is -0.317 e. The zero-order valence-corrected chi connectivity index (χ0v) is 17.1. The molecule has 0 aromatic heterocycles. The fourth-order valence-corrected chi connectivity index (χ4v) is 9.32. The summed E-state index contributed by atoms with van der Waals surface area (Å²) in [5, 5.41) is 3.60. The molecular weight excluding hydrogens is 304 g/mol. The van der Waals surface area contributed by atoms with Gasteiger partial charge in [0.05, 0.1) is 0 Å². The van der Waals surface area contributed by atoms with Gasteiger partial charge in [0.1, 0.15) is 0 Å². The predicted molar refractivity (Wildman–Crippen MR) is 104 cm³/mol. The lowest BCUT2D eigenvalue weighted by Crippen LogP contribution is -2.55. The summed E-state index contributed by atoms with van der Waals surface area (Å²) in [5.41, 5.74) is 1.37. The number of nitrogens with zero attached hydrogens (tertiary/aromatic N) is 1. The molecule has 0 aromatic carbocycles. The summed E-state index contributed by atoms with van der Waals surface area (Å²) < 4.78 is 0. The first-order valence-corrected chi connectivity index (χ1v) is 11.4. The predicted octanol–water partition coefficient (Wildman–Crippen LogP) is 4.55. The summed E-state index contributed by atoms with van der Waals surface area (Å²) in [6.07, 6.45) is 13.6. The molecule has 4 saturated carbocycles. The third-order valence-electron chi connectivity index (χ3n) is 10.7. The van der Waals surface area contributed by atoms with E-state index < -0.39 is 0 Å². The van der Waals surface area contributed by atoms with Crippen LogP contribution in [-0.2, 0) is 0 Å². The van der Waals surface area contributed by atoms with E-state index in [4.69, 9.17) is 0 Å². The number of likely N-dealkylation sites (tertiary alicyclic amines) is 1. The van der Waals surface area contributed by atoms with E-state index in [0.717, 1.165) is 41.7 Å². The molecule has 5 rings (SSSR count). The third kappa shape index (κ3) is 2.16. The minimum atomic E-state index is 0.659. The molecule has 1 saturated heterocycles. The number of fused-ring (bicyclic) bond motifs is 4. The van der Waals surface area contributed by atoms with Gasteiger partial charge in [0.2, 0.25) is 0 Å². The van der Waals surface area contributed by atoms with E-state index in [1.165, 1.54) is 38.6 Å². The average molecular weight is 345 g/mol. The van der Waals surface area contributed by atoms with Crippen molar-refractivity contribution in [3.05, 3.63) is 0 Å². The van der Waals surface area contributed by atoms with E-state index in [-0.39, 0.29) is 0 Å². The Morgan fingerprint density at radius 2 is 1.72 bits per heavy atom. The van der Waals surface area contributed by atoms with Crippen LogP contribution in [0.2, 0.25) is 0 Å². The largest absolute Gasteiger partial charge is 0.317 e. The lowest BCUT2D eigenvalue weighted by molar-refractivity contribution is -0.113.